The van der Waals surface area contributed by atoms with Crippen LogP contribution in [0.5, 0.6) is 0 Å². The van der Waals surface area contributed by atoms with E-state index in [4.69, 9.17) is 4.74 Å². The van der Waals surface area contributed by atoms with Crippen LogP contribution in [0.25, 0.3) is 0 Å². The van der Waals surface area contributed by atoms with Gasteiger partial charge in [-0.05, 0) is 12.1 Å². The lowest BCUT2D eigenvalue weighted by Crippen LogP contribution is -2.32. The van der Waals surface area contributed by atoms with Gasteiger partial charge in [0.15, 0.2) is 0 Å². The van der Waals surface area contributed by atoms with Gasteiger partial charge < -0.3 is 4.74 Å². The number of halogens is 1. The highest BCUT2D eigenvalue weighted by molar-refractivity contribution is 6.23. The van der Waals surface area contributed by atoms with Crippen molar-refractivity contribution in [3.8, 4) is 0 Å². The molecule has 1 aliphatic rings. The minimum Gasteiger partial charge on any atom is -0.461 e. The van der Waals surface area contributed by atoms with Gasteiger partial charge in [0.2, 0.25) is 0 Å². The Balaban J connectivity index is 1.63. The predicted molar refractivity (Wildman–Crippen MR) is 89.3 cm³/mol. The second kappa shape index (κ2) is 7.32. The van der Waals surface area contributed by atoms with Gasteiger partial charge in [0.1, 0.15) is 18.0 Å². The molecule has 0 spiro atoms. The Morgan fingerprint density at radius 2 is 1.85 bits per heavy atom. The Morgan fingerprint density at radius 3 is 2.56 bits per heavy atom. The molecule has 0 bridgehead atoms. The lowest BCUT2D eigenvalue weighted by Gasteiger charge is -2.13. The van der Waals surface area contributed by atoms with E-state index in [1.165, 1.54) is 30.3 Å². The molecule has 0 aliphatic carbocycles. The van der Waals surface area contributed by atoms with Crippen LogP contribution >= 0.6 is 0 Å². The van der Waals surface area contributed by atoms with Crippen LogP contribution in [0.2, 0.25) is 0 Å². The Labute approximate surface area is 152 Å². The molecule has 3 rings (SSSR count). The Hall–Kier alpha value is -3.62. The van der Waals surface area contributed by atoms with Crippen molar-refractivity contribution in [3.05, 3.63) is 75.1 Å². The molecule has 0 radical (unpaired) electrons. The number of esters is 1. The minimum absolute atomic E-state index is 0.0751. The highest BCUT2D eigenvalue weighted by Crippen LogP contribution is 2.30. The van der Waals surface area contributed by atoms with Crippen molar-refractivity contribution >= 4 is 23.5 Å². The minimum atomic E-state index is -0.829. The van der Waals surface area contributed by atoms with E-state index in [1.807, 2.05) is 0 Å². The Kier molecular flexibility index (Phi) is 4.93. The molecule has 138 valence electrons. The van der Waals surface area contributed by atoms with Crippen LogP contribution in [-0.2, 0) is 16.1 Å². The van der Waals surface area contributed by atoms with Gasteiger partial charge in [0.25, 0.3) is 17.5 Å². The summed E-state index contributed by atoms with van der Waals surface area (Å²) in [7, 11) is 0. The van der Waals surface area contributed by atoms with Gasteiger partial charge in [-0.25, -0.2) is 4.39 Å². The number of nitro benzene ring substituents is 1. The first-order chi connectivity index (χ1) is 12.9. The van der Waals surface area contributed by atoms with Gasteiger partial charge in [0, 0.05) is 18.2 Å². The third-order valence-electron chi connectivity index (χ3n) is 4.06. The molecule has 0 atom stereocenters. The van der Waals surface area contributed by atoms with Gasteiger partial charge >= 0.3 is 5.97 Å². The molecule has 2 aromatic carbocycles. The predicted octanol–water partition coefficient (Wildman–Crippen LogP) is 2.46. The standard InChI is InChI=1S/C18H13FN2O6/c19-13-6-2-1-4-11(13)10-27-15(22)8-9-20-17(23)12-5-3-7-14(21(25)26)16(12)18(20)24/h1-7H,8-10H2. The number of carbonyl (C=O) groups is 3. The lowest BCUT2D eigenvalue weighted by atomic mass is 10.1. The second-order valence-electron chi connectivity index (χ2n) is 5.72. The van der Waals surface area contributed by atoms with E-state index >= 15 is 0 Å². The SMILES string of the molecule is O=C(CCN1C(=O)c2cccc([N+](=O)[O-])c2C1=O)OCc1ccccc1F. The van der Waals surface area contributed by atoms with E-state index in [2.05, 4.69) is 0 Å². The fraction of sp³-hybridized carbons (Fsp3) is 0.167. The summed E-state index contributed by atoms with van der Waals surface area (Å²) in [4.78, 5) is 47.6. The number of fused-ring (bicyclic) bond motifs is 1. The zero-order chi connectivity index (χ0) is 19.6. The molecule has 1 heterocycles. The van der Waals surface area contributed by atoms with Crippen molar-refractivity contribution in [2.45, 2.75) is 13.0 Å². The maximum atomic E-state index is 13.5. The molecule has 1 aliphatic heterocycles. The zero-order valence-corrected chi connectivity index (χ0v) is 13.9. The number of nitrogens with zero attached hydrogens (tertiary/aromatic N) is 2. The first kappa shape index (κ1) is 18.2. The second-order valence-corrected chi connectivity index (χ2v) is 5.72. The number of carbonyl (C=O) groups excluding carboxylic acids is 3. The third kappa shape index (κ3) is 3.52. The van der Waals surface area contributed by atoms with Gasteiger partial charge in [-0.1, -0.05) is 24.3 Å². The maximum absolute atomic E-state index is 13.5. The van der Waals surface area contributed by atoms with E-state index in [0.29, 0.717) is 0 Å². The molecular formula is C18H13FN2O6. The summed E-state index contributed by atoms with van der Waals surface area (Å²) in [6.45, 7) is -0.571. The first-order valence-electron chi connectivity index (χ1n) is 7.92. The van der Waals surface area contributed by atoms with Crippen molar-refractivity contribution in [2.24, 2.45) is 0 Å². The molecule has 27 heavy (non-hydrogen) atoms. The van der Waals surface area contributed by atoms with E-state index in [9.17, 15) is 28.9 Å². The molecule has 0 aromatic heterocycles. The lowest BCUT2D eigenvalue weighted by molar-refractivity contribution is -0.385. The third-order valence-corrected chi connectivity index (χ3v) is 4.06. The molecule has 2 amide bonds. The number of hydrogen-bond donors (Lipinski definition) is 0. The van der Waals surface area contributed by atoms with Crippen molar-refractivity contribution in [2.75, 3.05) is 6.54 Å². The van der Waals surface area contributed by atoms with Crippen molar-refractivity contribution in [1.29, 1.82) is 0 Å². The Morgan fingerprint density at radius 1 is 1.11 bits per heavy atom. The number of nitro groups is 1. The van der Waals surface area contributed by atoms with E-state index < -0.39 is 34.2 Å². The molecule has 0 saturated carbocycles. The molecule has 2 aromatic rings. The molecular weight excluding hydrogens is 359 g/mol. The normalized spacial score (nSPS) is 12.9. The van der Waals surface area contributed by atoms with Crippen LogP contribution in [0.3, 0.4) is 0 Å². The summed E-state index contributed by atoms with van der Waals surface area (Å²) in [5, 5.41) is 11.1. The summed E-state index contributed by atoms with van der Waals surface area (Å²) < 4.78 is 18.4. The zero-order valence-electron chi connectivity index (χ0n) is 13.9. The number of rotatable bonds is 6. The van der Waals surface area contributed by atoms with Crippen LogP contribution in [0.1, 0.15) is 32.7 Å². The average Bonchev–Trinajstić information content (AvgIpc) is 2.90. The number of benzene rings is 2. The number of ether oxygens (including phenoxy) is 1. The molecule has 0 N–H and O–H groups in total. The van der Waals surface area contributed by atoms with E-state index in [-0.39, 0.29) is 36.3 Å². The first-order valence-corrected chi connectivity index (χ1v) is 7.92. The largest absolute Gasteiger partial charge is 0.461 e. The van der Waals surface area contributed by atoms with Gasteiger partial charge in [0.05, 0.1) is 16.9 Å². The number of hydrogen-bond acceptors (Lipinski definition) is 6. The molecule has 0 saturated heterocycles. The molecule has 9 heteroatoms. The average molecular weight is 372 g/mol. The van der Waals surface area contributed by atoms with E-state index in [1.54, 1.807) is 6.07 Å². The Bertz CT molecular complexity index is 959. The summed E-state index contributed by atoms with van der Waals surface area (Å²) in [5.74, 6) is -2.79. The van der Waals surface area contributed by atoms with Crippen LogP contribution in [-0.4, -0.2) is 34.2 Å². The summed E-state index contributed by atoms with van der Waals surface area (Å²) in [5.41, 5.74) is -0.626. The maximum Gasteiger partial charge on any atom is 0.307 e. The van der Waals surface area contributed by atoms with E-state index in [0.717, 1.165) is 11.0 Å². The van der Waals surface area contributed by atoms with Crippen LogP contribution in [0.15, 0.2) is 42.5 Å². The summed E-state index contributed by atoms with van der Waals surface area (Å²) >= 11 is 0. The summed E-state index contributed by atoms with van der Waals surface area (Å²) in [6, 6.07) is 9.56. The van der Waals surface area contributed by atoms with Crippen molar-refractivity contribution in [1.82, 2.24) is 4.90 Å². The van der Waals surface area contributed by atoms with Crippen molar-refractivity contribution in [3.63, 3.8) is 0 Å². The fourth-order valence-corrected chi connectivity index (χ4v) is 2.72. The smallest absolute Gasteiger partial charge is 0.307 e. The number of imide groups is 1. The highest BCUT2D eigenvalue weighted by atomic mass is 19.1. The quantitative estimate of drug-likeness (QED) is 0.334. The highest BCUT2D eigenvalue weighted by Gasteiger charge is 2.40. The number of amides is 2. The molecule has 0 fully saturated rings. The van der Waals surface area contributed by atoms with Gasteiger partial charge in [-0.3, -0.25) is 29.4 Å². The fourth-order valence-electron chi connectivity index (χ4n) is 2.72. The van der Waals surface area contributed by atoms with Crippen molar-refractivity contribution < 1.29 is 28.4 Å². The van der Waals surface area contributed by atoms with Crippen LogP contribution < -0.4 is 0 Å². The van der Waals surface area contributed by atoms with Gasteiger partial charge in [-0.15, -0.1) is 0 Å². The molecule has 0 unspecified atom stereocenters. The topological polar surface area (TPSA) is 107 Å². The molecule has 8 nitrogen and oxygen atoms in total. The monoisotopic (exact) mass is 372 g/mol. The summed E-state index contributed by atoms with van der Waals surface area (Å²) in [6.07, 6.45) is -0.312. The van der Waals surface area contributed by atoms with Crippen LogP contribution in [0, 0.1) is 15.9 Å². The van der Waals surface area contributed by atoms with Crippen LogP contribution in [0.4, 0.5) is 10.1 Å². The van der Waals surface area contributed by atoms with Gasteiger partial charge in [-0.2, -0.15) is 0 Å².